The minimum absolute atomic E-state index is 0.0703. The number of para-hydroxylation sites is 1. The zero-order valence-corrected chi connectivity index (χ0v) is 16.1. The Kier molecular flexibility index (Phi) is 6.84. The first-order valence-corrected chi connectivity index (χ1v) is 9.02. The van der Waals surface area contributed by atoms with Crippen LogP contribution in [0.4, 0.5) is 5.69 Å². The Morgan fingerprint density at radius 3 is 2.27 bits per heavy atom. The number of benzene rings is 2. The lowest BCUT2D eigenvalue weighted by Crippen LogP contribution is -2.30. The van der Waals surface area contributed by atoms with Crippen LogP contribution in [0.3, 0.4) is 0 Å². The maximum Gasteiger partial charge on any atom is 0.253 e. The summed E-state index contributed by atoms with van der Waals surface area (Å²) in [4.78, 5) is 16.1. The smallest absolute Gasteiger partial charge is 0.253 e. The predicted molar refractivity (Wildman–Crippen MR) is 109 cm³/mol. The Balaban J connectivity index is 2.08. The number of rotatable bonds is 7. The average Bonchev–Trinajstić information content (AvgIpc) is 2.63. The highest BCUT2D eigenvalue weighted by Crippen LogP contribution is 2.30. The van der Waals surface area contributed by atoms with Gasteiger partial charge in [-0.1, -0.05) is 36.4 Å². The molecule has 2 rings (SSSR count). The second kappa shape index (κ2) is 9.09. The second-order valence-corrected chi connectivity index (χ2v) is 6.39. The van der Waals surface area contributed by atoms with E-state index < -0.39 is 0 Å². The highest BCUT2D eigenvalue weighted by atomic mass is 16.3. The van der Waals surface area contributed by atoms with Crippen molar-refractivity contribution in [2.75, 3.05) is 32.1 Å². The van der Waals surface area contributed by atoms with E-state index in [-0.39, 0.29) is 5.91 Å². The van der Waals surface area contributed by atoms with E-state index in [0.717, 1.165) is 36.3 Å². The van der Waals surface area contributed by atoms with Crippen molar-refractivity contribution in [3.63, 3.8) is 0 Å². The molecule has 0 unspecified atom stereocenters. The first-order valence-electron chi connectivity index (χ1n) is 9.02. The fraction of sp³-hybridized carbons (Fsp3) is 0.318. The van der Waals surface area contributed by atoms with Crippen LogP contribution in [0.2, 0.25) is 0 Å². The predicted octanol–water partition coefficient (Wildman–Crippen LogP) is 4.20. The molecule has 0 aromatic heterocycles. The van der Waals surface area contributed by atoms with Gasteiger partial charge in [-0.25, -0.2) is 0 Å². The van der Waals surface area contributed by atoms with Gasteiger partial charge in [0, 0.05) is 32.7 Å². The molecule has 0 aliphatic rings. The number of phenolic OH excluding ortho intramolecular Hbond substituents is 1. The lowest BCUT2D eigenvalue weighted by atomic mass is 10.1. The number of anilines is 1. The summed E-state index contributed by atoms with van der Waals surface area (Å²) in [5.74, 6) is 0.362. The summed E-state index contributed by atoms with van der Waals surface area (Å²) in [5, 5.41) is 10.0. The Morgan fingerprint density at radius 2 is 1.69 bits per heavy atom. The minimum Gasteiger partial charge on any atom is -0.506 e. The van der Waals surface area contributed by atoms with Crippen molar-refractivity contribution in [1.29, 1.82) is 0 Å². The highest BCUT2D eigenvalue weighted by molar-refractivity contribution is 5.94. The van der Waals surface area contributed by atoms with E-state index in [9.17, 15) is 9.90 Å². The SMILES string of the molecule is CCN(CC)C(=O)c1ccc(/C=C/Cc2cccc(O)c2N(C)C)cc1. The van der Waals surface area contributed by atoms with E-state index in [2.05, 4.69) is 6.08 Å². The number of carbonyl (C=O) groups excluding carboxylic acids is 1. The maximum absolute atomic E-state index is 12.3. The fourth-order valence-corrected chi connectivity index (χ4v) is 3.01. The third-order valence-corrected chi connectivity index (χ3v) is 4.40. The normalized spacial score (nSPS) is 10.9. The van der Waals surface area contributed by atoms with Crippen LogP contribution < -0.4 is 4.90 Å². The molecule has 0 saturated heterocycles. The summed E-state index contributed by atoms with van der Waals surface area (Å²) in [7, 11) is 3.85. The van der Waals surface area contributed by atoms with Gasteiger partial charge in [0.15, 0.2) is 0 Å². The van der Waals surface area contributed by atoms with Crippen LogP contribution in [0, 0.1) is 0 Å². The van der Waals surface area contributed by atoms with Gasteiger partial charge in [-0.3, -0.25) is 4.79 Å². The molecular formula is C22H28N2O2. The van der Waals surface area contributed by atoms with Crippen LogP contribution in [-0.2, 0) is 6.42 Å². The van der Waals surface area contributed by atoms with E-state index in [1.165, 1.54) is 0 Å². The third-order valence-electron chi connectivity index (χ3n) is 4.40. The molecule has 138 valence electrons. The van der Waals surface area contributed by atoms with E-state index in [0.29, 0.717) is 11.3 Å². The number of amides is 1. The molecule has 26 heavy (non-hydrogen) atoms. The zero-order valence-electron chi connectivity index (χ0n) is 16.1. The number of carbonyl (C=O) groups is 1. The number of allylic oxidation sites excluding steroid dienone is 1. The van der Waals surface area contributed by atoms with Crippen molar-refractivity contribution >= 4 is 17.7 Å². The number of phenols is 1. The number of aromatic hydroxyl groups is 1. The van der Waals surface area contributed by atoms with Crippen molar-refractivity contribution in [3.05, 3.63) is 65.2 Å². The molecule has 0 aliphatic heterocycles. The molecule has 0 radical (unpaired) electrons. The van der Waals surface area contributed by atoms with Gasteiger partial charge in [0.1, 0.15) is 5.75 Å². The Hall–Kier alpha value is -2.75. The molecule has 0 heterocycles. The number of hydrogen-bond acceptors (Lipinski definition) is 3. The monoisotopic (exact) mass is 352 g/mol. The van der Waals surface area contributed by atoms with Crippen LogP contribution in [0.15, 0.2) is 48.5 Å². The number of hydrogen-bond donors (Lipinski definition) is 1. The molecule has 2 aromatic carbocycles. The van der Waals surface area contributed by atoms with Crippen LogP contribution in [0.25, 0.3) is 6.08 Å². The molecule has 2 aromatic rings. The highest BCUT2D eigenvalue weighted by Gasteiger charge is 2.11. The van der Waals surface area contributed by atoms with Gasteiger partial charge < -0.3 is 14.9 Å². The Bertz CT molecular complexity index is 760. The lowest BCUT2D eigenvalue weighted by molar-refractivity contribution is 0.0773. The van der Waals surface area contributed by atoms with Gasteiger partial charge in [0.05, 0.1) is 5.69 Å². The Morgan fingerprint density at radius 1 is 1.04 bits per heavy atom. The van der Waals surface area contributed by atoms with Gasteiger partial charge in [0.25, 0.3) is 5.91 Å². The van der Waals surface area contributed by atoms with E-state index in [1.54, 1.807) is 6.07 Å². The maximum atomic E-state index is 12.3. The summed E-state index contributed by atoms with van der Waals surface area (Å²) in [6.45, 7) is 5.41. The van der Waals surface area contributed by atoms with Crippen LogP contribution in [0.1, 0.15) is 35.3 Å². The molecular weight excluding hydrogens is 324 g/mol. The van der Waals surface area contributed by atoms with Gasteiger partial charge in [-0.05, 0) is 49.6 Å². The first kappa shape index (κ1) is 19.6. The molecule has 0 spiro atoms. The van der Waals surface area contributed by atoms with Crippen LogP contribution >= 0.6 is 0 Å². The zero-order chi connectivity index (χ0) is 19.1. The molecule has 0 atom stereocenters. The van der Waals surface area contributed by atoms with Crippen molar-refractivity contribution in [1.82, 2.24) is 4.90 Å². The molecule has 0 fully saturated rings. The largest absolute Gasteiger partial charge is 0.506 e. The molecule has 0 saturated carbocycles. The van der Waals surface area contributed by atoms with Crippen molar-refractivity contribution in [3.8, 4) is 5.75 Å². The molecule has 0 bridgehead atoms. The third kappa shape index (κ3) is 4.66. The van der Waals surface area contributed by atoms with Gasteiger partial charge >= 0.3 is 0 Å². The Labute approximate surface area is 156 Å². The fourth-order valence-electron chi connectivity index (χ4n) is 3.01. The standard InChI is InChI=1S/C22H28N2O2/c1-5-24(6-2)22(26)19-15-13-17(14-16-19)9-7-10-18-11-8-12-20(25)21(18)23(3)4/h7-9,11-16,25H,5-6,10H2,1-4H3/b9-7+. The first-order chi connectivity index (χ1) is 12.5. The molecule has 4 heteroatoms. The summed E-state index contributed by atoms with van der Waals surface area (Å²) in [6, 6.07) is 13.3. The minimum atomic E-state index is 0.0703. The summed E-state index contributed by atoms with van der Waals surface area (Å²) >= 11 is 0. The lowest BCUT2D eigenvalue weighted by Gasteiger charge is -2.18. The van der Waals surface area contributed by atoms with Gasteiger partial charge in [-0.15, -0.1) is 0 Å². The van der Waals surface area contributed by atoms with Gasteiger partial charge in [0.2, 0.25) is 0 Å². The quantitative estimate of drug-likeness (QED) is 0.812. The summed E-state index contributed by atoms with van der Waals surface area (Å²) in [6.07, 6.45) is 4.83. The van der Waals surface area contributed by atoms with Crippen LogP contribution in [0.5, 0.6) is 5.75 Å². The molecule has 1 amide bonds. The van der Waals surface area contributed by atoms with Crippen molar-refractivity contribution in [2.45, 2.75) is 20.3 Å². The topological polar surface area (TPSA) is 43.8 Å². The summed E-state index contributed by atoms with van der Waals surface area (Å²) < 4.78 is 0. The average molecular weight is 352 g/mol. The van der Waals surface area contributed by atoms with Crippen LogP contribution in [-0.4, -0.2) is 43.1 Å². The van der Waals surface area contributed by atoms with E-state index in [4.69, 9.17) is 0 Å². The van der Waals surface area contributed by atoms with Crippen molar-refractivity contribution < 1.29 is 9.90 Å². The van der Waals surface area contributed by atoms with Crippen molar-refractivity contribution in [2.24, 2.45) is 0 Å². The van der Waals surface area contributed by atoms with Gasteiger partial charge in [-0.2, -0.15) is 0 Å². The molecule has 1 N–H and O–H groups in total. The molecule has 4 nitrogen and oxygen atoms in total. The molecule has 0 aliphatic carbocycles. The summed E-state index contributed by atoms with van der Waals surface area (Å²) in [5.41, 5.74) is 3.68. The van der Waals surface area contributed by atoms with E-state index >= 15 is 0 Å². The van der Waals surface area contributed by atoms with E-state index in [1.807, 2.05) is 80.2 Å². The second-order valence-electron chi connectivity index (χ2n) is 6.39. The number of nitrogens with zero attached hydrogens (tertiary/aromatic N) is 2.